The number of aliphatic carboxylic acids is 1. The van der Waals surface area contributed by atoms with Gasteiger partial charge in [-0.3, -0.25) is 4.79 Å². The number of hydrogen-bond donors (Lipinski definition) is 3. The van der Waals surface area contributed by atoms with Crippen molar-refractivity contribution in [3.8, 4) is 0 Å². The van der Waals surface area contributed by atoms with Crippen LogP contribution in [0.1, 0.15) is 32.1 Å². The third-order valence-corrected chi connectivity index (χ3v) is 4.41. The maximum atomic E-state index is 12.0. The molecule has 0 bridgehead atoms. The van der Waals surface area contributed by atoms with E-state index in [1.165, 1.54) is 0 Å². The molecule has 0 spiro atoms. The fraction of sp³-hybridized carbons (Fsp3) is 0.846. The van der Waals surface area contributed by atoms with Crippen LogP contribution in [0.25, 0.3) is 0 Å². The van der Waals surface area contributed by atoms with Gasteiger partial charge in [-0.2, -0.15) is 0 Å². The molecule has 108 valence electrons. The number of aliphatic hydroxyl groups excluding tert-OH is 1. The van der Waals surface area contributed by atoms with Crippen molar-refractivity contribution in [2.45, 2.75) is 32.1 Å². The van der Waals surface area contributed by atoms with E-state index in [9.17, 15) is 14.7 Å². The van der Waals surface area contributed by atoms with Gasteiger partial charge in [-0.05, 0) is 31.6 Å². The van der Waals surface area contributed by atoms with Gasteiger partial charge in [0.05, 0.1) is 5.41 Å². The molecule has 1 aliphatic heterocycles. The Morgan fingerprint density at radius 1 is 1.32 bits per heavy atom. The second-order valence-corrected chi connectivity index (χ2v) is 5.73. The SMILES string of the molecule is O=C(NCC1(C(=O)O)CCC1)N1CCCC(CO)C1. The van der Waals surface area contributed by atoms with E-state index >= 15 is 0 Å². The number of amides is 2. The number of urea groups is 1. The van der Waals surface area contributed by atoms with Crippen LogP contribution in [-0.4, -0.2) is 53.4 Å². The number of nitrogens with zero attached hydrogens (tertiary/aromatic N) is 1. The maximum absolute atomic E-state index is 12.0. The van der Waals surface area contributed by atoms with Crippen LogP contribution in [0.5, 0.6) is 0 Å². The Hall–Kier alpha value is -1.30. The third-order valence-electron chi connectivity index (χ3n) is 4.41. The molecule has 3 N–H and O–H groups in total. The molecule has 0 radical (unpaired) electrons. The van der Waals surface area contributed by atoms with Crippen molar-refractivity contribution < 1.29 is 19.8 Å². The van der Waals surface area contributed by atoms with E-state index in [1.807, 2.05) is 0 Å². The van der Waals surface area contributed by atoms with Gasteiger partial charge in [0.1, 0.15) is 0 Å². The second kappa shape index (κ2) is 5.77. The quantitative estimate of drug-likeness (QED) is 0.700. The average molecular weight is 270 g/mol. The number of carbonyl (C=O) groups excluding carboxylic acids is 1. The molecule has 1 aliphatic carbocycles. The Morgan fingerprint density at radius 2 is 2.05 bits per heavy atom. The van der Waals surface area contributed by atoms with Crippen LogP contribution in [0.2, 0.25) is 0 Å². The number of piperidine rings is 1. The van der Waals surface area contributed by atoms with Crippen LogP contribution >= 0.6 is 0 Å². The minimum Gasteiger partial charge on any atom is -0.481 e. The van der Waals surface area contributed by atoms with E-state index in [2.05, 4.69) is 5.32 Å². The Balaban J connectivity index is 1.82. The Morgan fingerprint density at radius 3 is 2.58 bits per heavy atom. The van der Waals surface area contributed by atoms with Gasteiger partial charge in [0.25, 0.3) is 0 Å². The van der Waals surface area contributed by atoms with Gasteiger partial charge in [-0.25, -0.2) is 4.79 Å². The summed E-state index contributed by atoms with van der Waals surface area (Å²) in [5.41, 5.74) is -0.748. The van der Waals surface area contributed by atoms with E-state index in [4.69, 9.17) is 5.11 Å². The van der Waals surface area contributed by atoms with E-state index in [1.54, 1.807) is 4.90 Å². The minimum atomic E-state index is -0.814. The number of carbonyl (C=O) groups is 2. The molecule has 1 saturated carbocycles. The molecule has 6 heteroatoms. The highest BCUT2D eigenvalue weighted by Gasteiger charge is 2.44. The van der Waals surface area contributed by atoms with Crippen molar-refractivity contribution in [1.82, 2.24) is 10.2 Å². The van der Waals surface area contributed by atoms with Crippen LogP contribution in [0, 0.1) is 11.3 Å². The molecular weight excluding hydrogens is 248 g/mol. The van der Waals surface area contributed by atoms with Gasteiger partial charge < -0.3 is 20.4 Å². The topological polar surface area (TPSA) is 89.9 Å². The molecule has 0 aromatic rings. The van der Waals surface area contributed by atoms with Crippen LogP contribution in [0.4, 0.5) is 4.79 Å². The lowest BCUT2D eigenvalue weighted by molar-refractivity contribution is -0.153. The maximum Gasteiger partial charge on any atom is 0.317 e. The summed E-state index contributed by atoms with van der Waals surface area (Å²) in [5, 5.41) is 21.1. The molecule has 2 aliphatic rings. The predicted octanol–water partition coefficient (Wildman–Crippen LogP) is 0.655. The highest BCUT2D eigenvalue weighted by molar-refractivity contribution is 5.79. The number of likely N-dealkylation sites (tertiary alicyclic amines) is 1. The van der Waals surface area contributed by atoms with Crippen molar-refractivity contribution >= 4 is 12.0 Å². The van der Waals surface area contributed by atoms with Gasteiger partial charge in [0.2, 0.25) is 0 Å². The van der Waals surface area contributed by atoms with Crippen LogP contribution in [-0.2, 0) is 4.79 Å². The molecular formula is C13H22N2O4. The molecule has 1 heterocycles. The predicted molar refractivity (Wildman–Crippen MR) is 68.7 cm³/mol. The van der Waals surface area contributed by atoms with E-state index in [0.717, 1.165) is 19.3 Å². The summed E-state index contributed by atoms with van der Waals surface area (Å²) in [7, 11) is 0. The van der Waals surface area contributed by atoms with Crippen molar-refractivity contribution in [3.63, 3.8) is 0 Å². The number of hydrogen-bond acceptors (Lipinski definition) is 3. The first-order chi connectivity index (χ1) is 9.07. The molecule has 0 aromatic carbocycles. The lowest BCUT2D eigenvalue weighted by Gasteiger charge is -2.39. The molecule has 1 saturated heterocycles. The fourth-order valence-corrected chi connectivity index (χ4v) is 2.82. The molecule has 1 unspecified atom stereocenters. The van der Waals surface area contributed by atoms with Crippen LogP contribution < -0.4 is 5.32 Å². The van der Waals surface area contributed by atoms with Crippen molar-refractivity contribution in [2.24, 2.45) is 11.3 Å². The number of aliphatic hydroxyl groups is 1. The van der Waals surface area contributed by atoms with Gasteiger partial charge in [-0.1, -0.05) is 6.42 Å². The lowest BCUT2D eigenvalue weighted by Crippen LogP contribution is -2.52. The molecule has 2 fully saturated rings. The fourth-order valence-electron chi connectivity index (χ4n) is 2.82. The molecule has 1 atom stereocenters. The zero-order valence-electron chi connectivity index (χ0n) is 11.1. The van der Waals surface area contributed by atoms with Crippen LogP contribution in [0.15, 0.2) is 0 Å². The number of rotatable bonds is 4. The molecule has 2 amide bonds. The summed E-state index contributed by atoms with van der Waals surface area (Å²) in [6, 6.07) is -0.203. The summed E-state index contributed by atoms with van der Waals surface area (Å²) >= 11 is 0. The van der Waals surface area contributed by atoms with Gasteiger partial charge in [0, 0.05) is 26.2 Å². The molecule has 6 nitrogen and oxygen atoms in total. The summed E-state index contributed by atoms with van der Waals surface area (Å²) in [6.07, 6.45) is 4.03. The first-order valence-electron chi connectivity index (χ1n) is 6.94. The first-order valence-corrected chi connectivity index (χ1v) is 6.94. The van der Waals surface area contributed by atoms with E-state index in [0.29, 0.717) is 25.9 Å². The first kappa shape index (κ1) is 14.1. The van der Waals surface area contributed by atoms with Crippen molar-refractivity contribution in [3.05, 3.63) is 0 Å². The molecule has 19 heavy (non-hydrogen) atoms. The third kappa shape index (κ3) is 3.00. The highest BCUT2D eigenvalue weighted by atomic mass is 16.4. The monoisotopic (exact) mass is 270 g/mol. The summed E-state index contributed by atoms with van der Waals surface area (Å²) in [5.74, 6) is -0.664. The van der Waals surface area contributed by atoms with E-state index in [-0.39, 0.29) is 25.1 Å². The van der Waals surface area contributed by atoms with Gasteiger partial charge in [-0.15, -0.1) is 0 Å². The lowest BCUT2D eigenvalue weighted by atomic mass is 9.69. The van der Waals surface area contributed by atoms with Crippen LogP contribution in [0.3, 0.4) is 0 Å². The minimum absolute atomic E-state index is 0.100. The number of carboxylic acid groups (broad SMARTS) is 1. The zero-order valence-corrected chi connectivity index (χ0v) is 11.1. The molecule has 2 rings (SSSR count). The smallest absolute Gasteiger partial charge is 0.317 e. The van der Waals surface area contributed by atoms with E-state index < -0.39 is 11.4 Å². The number of nitrogens with one attached hydrogen (secondary N) is 1. The van der Waals surface area contributed by atoms with Crippen molar-refractivity contribution in [2.75, 3.05) is 26.2 Å². The van der Waals surface area contributed by atoms with Gasteiger partial charge >= 0.3 is 12.0 Å². The Labute approximate surface area is 112 Å². The number of carboxylic acids is 1. The van der Waals surface area contributed by atoms with Crippen molar-refractivity contribution in [1.29, 1.82) is 0 Å². The Bertz CT molecular complexity index is 355. The van der Waals surface area contributed by atoms with Gasteiger partial charge in [0.15, 0.2) is 0 Å². The Kier molecular flexibility index (Phi) is 4.29. The largest absolute Gasteiger partial charge is 0.481 e. The zero-order chi connectivity index (χ0) is 13.9. The summed E-state index contributed by atoms with van der Waals surface area (Å²) in [4.78, 5) is 24.9. The normalized spacial score (nSPS) is 25.5. The molecule has 0 aromatic heterocycles. The summed E-state index contributed by atoms with van der Waals surface area (Å²) < 4.78 is 0. The average Bonchev–Trinajstić information content (AvgIpc) is 2.37. The highest BCUT2D eigenvalue weighted by Crippen LogP contribution is 2.40. The summed E-state index contributed by atoms with van der Waals surface area (Å²) in [6.45, 7) is 1.55. The second-order valence-electron chi connectivity index (χ2n) is 5.73. The standard InChI is InChI=1S/C13H22N2O4/c16-8-10-3-1-6-15(7-10)12(19)14-9-13(11(17)18)4-2-5-13/h10,16H,1-9H2,(H,14,19)(H,17,18).